The molecule has 1 saturated heterocycles. The minimum Gasteiger partial charge on any atom is -0.348 e. The van der Waals surface area contributed by atoms with Crippen molar-refractivity contribution in [2.45, 2.75) is 45.9 Å². The second kappa shape index (κ2) is 8.01. The fraction of sp³-hybridized carbons (Fsp3) is 0.476. The topological polar surface area (TPSA) is 84.5 Å². The summed E-state index contributed by atoms with van der Waals surface area (Å²) in [7, 11) is 0. The predicted octanol–water partition coefficient (Wildman–Crippen LogP) is 3.11. The van der Waals surface area contributed by atoms with Crippen LogP contribution >= 0.6 is 11.3 Å². The summed E-state index contributed by atoms with van der Waals surface area (Å²) in [5.41, 5.74) is -1.05. The van der Waals surface area contributed by atoms with Gasteiger partial charge in [0.05, 0.1) is 10.8 Å². The van der Waals surface area contributed by atoms with E-state index < -0.39 is 17.7 Å². The normalized spacial score (nSPS) is 23.2. The van der Waals surface area contributed by atoms with E-state index in [4.69, 9.17) is 4.74 Å². The highest BCUT2D eigenvalue weighted by atomic mass is 32.1. The van der Waals surface area contributed by atoms with Gasteiger partial charge in [0.15, 0.2) is 5.78 Å². The number of fused-ring (bicyclic) bond motifs is 1. The average molecular weight is 403 g/mol. The van der Waals surface area contributed by atoms with Crippen LogP contribution in [0.2, 0.25) is 0 Å². The molecule has 1 fully saturated rings. The van der Waals surface area contributed by atoms with Crippen molar-refractivity contribution in [1.29, 1.82) is 0 Å². The molecule has 3 unspecified atom stereocenters. The second-order valence-electron chi connectivity index (χ2n) is 7.88. The van der Waals surface area contributed by atoms with Gasteiger partial charge in [0.2, 0.25) is 5.91 Å². The zero-order valence-electron chi connectivity index (χ0n) is 16.6. The molecule has 2 N–H and O–H groups in total. The van der Waals surface area contributed by atoms with Gasteiger partial charge in [-0.2, -0.15) is 0 Å². The van der Waals surface area contributed by atoms with Crippen LogP contribution in [0.4, 0.5) is 0 Å². The standard InChI is InChI=1S/C21H26N2O4S/c1-12(2)9-15(19(25)23-21(4)13(3)16(24)11-27-21)22-20(26)18-10-14-7-5-6-8-17(14)28-18/h5-8,10,12-13,15H,9,11H2,1-4H3,(H,22,26)(H,23,25). The number of thiophene rings is 1. The van der Waals surface area contributed by atoms with Crippen LogP contribution in [-0.4, -0.2) is 36.0 Å². The first-order valence-electron chi connectivity index (χ1n) is 9.47. The Morgan fingerprint density at radius 3 is 2.64 bits per heavy atom. The number of carbonyl (C=O) groups is 3. The highest BCUT2D eigenvalue weighted by Gasteiger charge is 2.45. The van der Waals surface area contributed by atoms with Crippen LogP contribution in [0.3, 0.4) is 0 Å². The molecule has 3 rings (SSSR count). The average Bonchev–Trinajstić information content (AvgIpc) is 3.18. The number of benzene rings is 1. The van der Waals surface area contributed by atoms with E-state index in [1.165, 1.54) is 11.3 Å². The van der Waals surface area contributed by atoms with Gasteiger partial charge >= 0.3 is 0 Å². The number of amides is 2. The van der Waals surface area contributed by atoms with Crippen molar-refractivity contribution >= 4 is 39.0 Å². The molecule has 2 heterocycles. The van der Waals surface area contributed by atoms with Gasteiger partial charge in [0, 0.05) is 4.70 Å². The van der Waals surface area contributed by atoms with Crippen LogP contribution in [0, 0.1) is 11.8 Å². The Balaban J connectivity index is 1.75. The summed E-state index contributed by atoms with van der Waals surface area (Å²) in [4.78, 5) is 38.1. The van der Waals surface area contributed by atoms with Crippen LogP contribution in [-0.2, 0) is 14.3 Å². The van der Waals surface area contributed by atoms with Crippen molar-refractivity contribution in [2.75, 3.05) is 6.61 Å². The molecule has 1 aromatic heterocycles. The molecule has 0 aliphatic carbocycles. The van der Waals surface area contributed by atoms with Gasteiger partial charge in [0.25, 0.3) is 5.91 Å². The van der Waals surface area contributed by atoms with Crippen LogP contribution < -0.4 is 10.6 Å². The zero-order chi connectivity index (χ0) is 20.5. The van der Waals surface area contributed by atoms with E-state index in [-0.39, 0.29) is 30.1 Å². The summed E-state index contributed by atoms with van der Waals surface area (Å²) >= 11 is 1.40. The Morgan fingerprint density at radius 2 is 2.04 bits per heavy atom. The zero-order valence-corrected chi connectivity index (χ0v) is 17.4. The Morgan fingerprint density at radius 1 is 1.32 bits per heavy atom. The third-order valence-electron chi connectivity index (χ3n) is 5.17. The molecule has 1 aliphatic heterocycles. The molecule has 1 aromatic carbocycles. The first kappa shape index (κ1) is 20.5. The summed E-state index contributed by atoms with van der Waals surface area (Å²) in [5, 5.41) is 6.69. The summed E-state index contributed by atoms with van der Waals surface area (Å²) in [6.45, 7) is 7.40. The van der Waals surface area contributed by atoms with Gasteiger partial charge in [-0.1, -0.05) is 39.0 Å². The quantitative estimate of drug-likeness (QED) is 0.778. The molecule has 1 aliphatic rings. The smallest absolute Gasteiger partial charge is 0.262 e. The van der Waals surface area contributed by atoms with E-state index in [2.05, 4.69) is 10.6 Å². The third kappa shape index (κ3) is 4.25. The first-order chi connectivity index (χ1) is 13.2. The molecule has 0 radical (unpaired) electrons. The number of ether oxygens (including phenoxy) is 1. The number of carbonyl (C=O) groups excluding carboxylic acids is 3. The summed E-state index contributed by atoms with van der Waals surface area (Å²) < 4.78 is 6.55. The molecule has 2 aromatic rings. The van der Waals surface area contributed by atoms with Gasteiger partial charge in [-0.3, -0.25) is 14.4 Å². The lowest BCUT2D eigenvalue weighted by Crippen LogP contribution is -2.56. The maximum Gasteiger partial charge on any atom is 0.262 e. The Hall–Kier alpha value is -2.25. The summed E-state index contributed by atoms with van der Waals surface area (Å²) in [6, 6.07) is 8.91. The van der Waals surface area contributed by atoms with Crippen molar-refractivity contribution in [3.05, 3.63) is 35.2 Å². The third-order valence-corrected chi connectivity index (χ3v) is 6.29. The van der Waals surface area contributed by atoms with Crippen LogP contribution in [0.15, 0.2) is 30.3 Å². The number of hydrogen-bond donors (Lipinski definition) is 2. The van der Waals surface area contributed by atoms with Crippen molar-refractivity contribution in [3.63, 3.8) is 0 Å². The van der Waals surface area contributed by atoms with E-state index in [1.54, 1.807) is 13.8 Å². The lowest BCUT2D eigenvalue weighted by molar-refractivity contribution is -0.133. The van der Waals surface area contributed by atoms with Crippen molar-refractivity contribution < 1.29 is 19.1 Å². The molecular weight excluding hydrogens is 376 g/mol. The first-order valence-corrected chi connectivity index (χ1v) is 10.3. The molecule has 0 saturated carbocycles. The molecule has 3 atom stereocenters. The second-order valence-corrected chi connectivity index (χ2v) is 8.96. The summed E-state index contributed by atoms with van der Waals surface area (Å²) in [6.07, 6.45) is 0.487. The molecular formula is C21H26N2O4S. The van der Waals surface area contributed by atoms with E-state index in [0.29, 0.717) is 11.3 Å². The van der Waals surface area contributed by atoms with Crippen LogP contribution in [0.5, 0.6) is 0 Å². The van der Waals surface area contributed by atoms with Gasteiger partial charge < -0.3 is 15.4 Å². The molecule has 28 heavy (non-hydrogen) atoms. The Kier molecular flexibility index (Phi) is 5.86. The monoisotopic (exact) mass is 402 g/mol. The van der Waals surface area contributed by atoms with Gasteiger partial charge in [-0.25, -0.2) is 0 Å². The minimum absolute atomic E-state index is 0.0130. The SMILES string of the molecule is CC(C)CC(NC(=O)c1cc2ccccc2s1)C(=O)NC1(C)OCC(=O)C1C. The summed E-state index contributed by atoms with van der Waals surface area (Å²) in [5.74, 6) is -0.891. The molecule has 0 bridgehead atoms. The number of rotatable bonds is 6. The maximum atomic E-state index is 12.9. The molecule has 2 amide bonds. The van der Waals surface area contributed by atoms with E-state index in [1.807, 2.05) is 44.2 Å². The molecule has 150 valence electrons. The highest BCUT2D eigenvalue weighted by Crippen LogP contribution is 2.27. The van der Waals surface area contributed by atoms with Gasteiger partial charge in [0.1, 0.15) is 18.4 Å². The fourth-order valence-electron chi connectivity index (χ4n) is 3.28. The van der Waals surface area contributed by atoms with E-state index in [0.717, 1.165) is 10.1 Å². The number of hydrogen-bond acceptors (Lipinski definition) is 5. The highest BCUT2D eigenvalue weighted by molar-refractivity contribution is 7.20. The number of ketones is 1. The predicted molar refractivity (Wildman–Crippen MR) is 109 cm³/mol. The number of nitrogens with one attached hydrogen (secondary N) is 2. The Bertz CT molecular complexity index is 874. The van der Waals surface area contributed by atoms with Gasteiger partial charge in [-0.15, -0.1) is 11.3 Å². The molecule has 0 spiro atoms. The maximum absolute atomic E-state index is 12.9. The molecule has 7 heteroatoms. The van der Waals surface area contributed by atoms with Crippen molar-refractivity contribution in [3.8, 4) is 0 Å². The van der Waals surface area contributed by atoms with Crippen molar-refractivity contribution in [2.24, 2.45) is 11.8 Å². The van der Waals surface area contributed by atoms with Crippen LogP contribution in [0.1, 0.15) is 43.8 Å². The van der Waals surface area contributed by atoms with E-state index in [9.17, 15) is 14.4 Å². The fourth-order valence-corrected chi connectivity index (χ4v) is 4.25. The van der Waals surface area contributed by atoms with Crippen LogP contribution in [0.25, 0.3) is 10.1 Å². The lowest BCUT2D eigenvalue weighted by atomic mass is 9.96. The van der Waals surface area contributed by atoms with Gasteiger partial charge in [-0.05, 0) is 36.8 Å². The minimum atomic E-state index is -1.05. The van der Waals surface area contributed by atoms with Crippen molar-refractivity contribution in [1.82, 2.24) is 10.6 Å². The Labute approximate surface area is 168 Å². The van der Waals surface area contributed by atoms with E-state index >= 15 is 0 Å². The lowest BCUT2D eigenvalue weighted by Gasteiger charge is -2.31. The molecule has 6 nitrogen and oxygen atoms in total. The largest absolute Gasteiger partial charge is 0.348 e. The number of Topliss-reactive ketones (excluding diaryl/α,β-unsaturated/α-hetero) is 1.